The second kappa shape index (κ2) is 8.31. The summed E-state index contributed by atoms with van der Waals surface area (Å²) in [5.74, 6) is 0.743. The number of hydrogen-bond donors (Lipinski definition) is 1. The number of nitrogens with one attached hydrogen (secondary N) is 1. The van der Waals surface area contributed by atoms with Gasteiger partial charge in [0.2, 0.25) is 0 Å². The molecule has 0 aliphatic carbocycles. The van der Waals surface area contributed by atoms with E-state index >= 15 is 0 Å². The maximum absolute atomic E-state index is 12.7. The van der Waals surface area contributed by atoms with E-state index in [1.807, 2.05) is 62.4 Å². The number of methoxy groups -OCH3 is 1. The van der Waals surface area contributed by atoms with Gasteiger partial charge in [0.05, 0.1) is 12.0 Å². The van der Waals surface area contributed by atoms with Gasteiger partial charge >= 0.3 is 0 Å². The summed E-state index contributed by atoms with van der Waals surface area (Å²) in [7, 11) is -2.05. The number of hydrogen-bond acceptors (Lipinski definition) is 3. The second-order valence-corrected chi connectivity index (χ2v) is 8.30. The summed E-state index contributed by atoms with van der Waals surface area (Å²) in [4.78, 5) is 0.229. The minimum absolute atomic E-state index is 0.229. The van der Waals surface area contributed by atoms with E-state index < -0.39 is 10.0 Å². The lowest BCUT2D eigenvalue weighted by atomic mass is 9.97. The van der Waals surface area contributed by atoms with Crippen LogP contribution in [0.3, 0.4) is 0 Å². The molecule has 28 heavy (non-hydrogen) atoms. The van der Waals surface area contributed by atoms with Crippen molar-refractivity contribution in [2.24, 2.45) is 0 Å². The summed E-state index contributed by atoms with van der Waals surface area (Å²) in [5.41, 5.74) is 4.70. The minimum atomic E-state index is -3.66. The lowest BCUT2D eigenvalue weighted by Crippen LogP contribution is -2.18. The summed E-state index contributed by atoms with van der Waals surface area (Å²) >= 11 is 0. The Morgan fingerprint density at radius 3 is 2.14 bits per heavy atom. The minimum Gasteiger partial charge on any atom is -0.497 e. The Bertz CT molecular complexity index is 1080. The molecule has 0 radical (unpaired) electrons. The van der Waals surface area contributed by atoms with E-state index in [9.17, 15) is 8.42 Å². The molecule has 3 aromatic carbocycles. The normalized spacial score (nSPS) is 11.9. The molecule has 0 saturated heterocycles. The Balaban J connectivity index is 2.01. The highest BCUT2D eigenvalue weighted by Gasteiger charge is 2.13. The molecule has 3 aromatic rings. The number of aryl methyl sites for hydroxylation is 2. The van der Waals surface area contributed by atoms with Gasteiger partial charge in [0.1, 0.15) is 5.75 Å². The summed E-state index contributed by atoms with van der Waals surface area (Å²) in [6, 6.07) is 22.2. The Hall–Kier alpha value is -3.05. The molecule has 144 valence electrons. The van der Waals surface area contributed by atoms with Gasteiger partial charge in [0.25, 0.3) is 10.0 Å². The first kappa shape index (κ1) is 19.7. The highest BCUT2D eigenvalue weighted by atomic mass is 32.2. The Morgan fingerprint density at radius 1 is 0.857 bits per heavy atom. The molecule has 0 aromatic heterocycles. The maximum atomic E-state index is 12.7. The maximum Gasteiger partial charge on any atom is 0.261 e. The average Bonchev–Trinajstić information content (AvgIpc) is 2.69. The Labute approximate surface area is 166 Å². The van der Waals surface area contributed by atoms with Crippen molar-refractivity contribution in [2.45, 2.75) is 18.7 Å². The predicted molar refractivity (Wildman–Crippen MR) is 113 cm³/mol. The zero-order valence-electron chi connectivity index (χ0n) is 16.1. The molecule has 0 atom stereocenters. The van der Waals surface area contributed by atoms with Gasteiger partial charge in [-0.05, 0) is 49.2 Å². The molecule has 0 aliphatic heterocycles. The highest BCUT2D eigenvalue weighted by Crippen LogP contribution is 2.26. The van der Waals surface area contributed by atoms with Crippen LogP contribution in [0.2, 0.25) is 0 Å². The fourth-order valence-electron chi connectivity index (χ4n) is 2.84. The Kier molecular flexibility index (Phi) is 5.85. The molecule has 3 rings (SSSR count). The highest BCUT2D eigenvalue weighted by molar-refractivity contribution is 7.89. The molecule has 0 unspecified atom stereocenters. The van der Waals surface area contributed by atoms with Gasteiger partial charge < -0.3 is 4.74 Å². The molecule has 0 saturated carbocycles. The third-order valence-electron chi connectivity index (χ3n) is 4.42. The number of benzene rings is 3. The van der Waals surface area contributed by atoms with E-state index in [2.05, 4.69) is 4.72 Å². The van der Waals surface area contributed by atoms with E-state index in [1.165, 1.54) is 0 Å². The zero-order valence-corrected chi connectivity index (χ0v) is 17.0. The lowest BCUT2D eigenvalue weighted by Gasteiger charge is -2.12. The van der Waals surface area contributed by atoms with Crippen LogP contribution in [0.5, 0.6) is 5.75 Å². The quantitative estimate of drug-likeness (QED) is 0.662. The fourth-order valence-corrected chi connectivity index (χ4v) is 3.74. The second-order valence-electron chi connectivity index (χ2n) is 6.59. The summed E-state index contributed by atoms with van der Waals surface area (Å²) < 4.78 is 33.2. The van der Waals surface area contributed by atoms with E-state index in [0.717, 1.165) is 33.6 Å². The Morgan fingerprint density at radius 2 is 1.54 bits per heavy atom. The van der Waals surface area contributed by atoms with Crippen molar-refractivity contribution in [2.75, 3.05) is 7.11 Å². The van der Waals surface area contributed by atoms with Gasteiger partial charge in [-0.15, -0.1) is 0 Å². The first-order chi connectivity index (χ1) is 13.4. The van der Waals surface area contributed by atoms with Crippen molar-refractivity contribution in [1.29, 1.82) is 0 Å². The van der Waals surface area contributed by atoms with Crippen molar-refractivity contribution in [3.63, 3.8) is 0 Å². The molecule has 0 fully saturated rings. The lowest BCUT2D eigenvalue weighted by molar-refractivity contribution is 0.415. The van der Waals surface area contributed by atoms with Crippen molar-refractivity contribution in [1.82, 2.24) is 4.72 Å². The van der Waals surface area contributed by atoms with E-state index in [-0.39, 0.29) is 4.90 Å². The zero-order chi connectivity index (χ0) is 20.1. The molecule has 0 heterocycles. The molecule has 0 bridgehead atoms. The van der Waals surface area contributed by atoms with E-state index in [1.54, 1.807) is 37.6 Å². The third-order valence-corrected chi connectivity index (χ3v) is 5.74. The van der Waals surface area contributed by atoms with Crippen LogP contribution in [0.1, 0.15) is 22.3 Å². The van der Waals surface area contributed by atoms with Gasteiger partial charge in [-0.1, -0.05) is 59.7 Å². The smallest absolute Gasteiger partial charge is 0.261 e. The summed E-state index contributed by atoms with van der Waals surface area (Å²) in [6.07, 6.45) is 1.55. The molecule has 0 amide bonds. The predicted octanol–water partition coefficient (Wildman–Crippen LogP) is 4.68. The molecular formula is C23H23NO3S. The van der Waals surface area contributed by atoms with Crippen LogP contribution in [-0.2, 0) is 10.0 Å². The van der Waals surface area contributed by atoms with Crippen LogP contribution in [0, 0.1) is 13.8 Å². The van der Waals surface area contributed by atoms with Crippen LogP contribution in [0.15, 0.2) is 83.9 Å². The molecule has 1 N–H and O–H groups in total. The van der Waals surface area contributed by atoms with Gasteiger partial charge in [-0.25, -0.2) is 8.42 Å². The van der Waals surface area contributed by atoms with Crippen LogP contribution in [-0.4, -0.2) is 15.5 Å². The SMILES string of the molecule is COc1ccc(/C(=C/NS(=O)(=O)c2ccc(C)cc2)c2cccc(C)c2)cc1. The number of sulfonamides is 1. The fraction of sp³-hybridized carbons (Fsp3) is 0.130. The monoisotopic (exact) mass is 393 g/mol. The van der Waals surface area contributed by atoms with Crippen LogP contribution in [0.4, 0.5) is 0 Å². The first-order valence-corrected chi connectivity index (χ1v) is 10.4. The van der Waals surface area contributed by atoms with Gasteiger partial charge in [0.15, 0.2) is 0 Å². The number of ether oxygens (including phenoxy) is 1. The van der Waals surface area contributed by atoms with Crippen molar-refractivity contribution >= 4 is 15.6 Å². The molecule has 4 nitrogen and oxygen atoms in total. The van der Waals surface area contributed by atoms with Crippen molar-refractivity contribution < 1.29 is 13.2 Å². The van der Waals surface area contributed by atoms with Gasteiger partial charge in [-0.2, -0.15) is 0 Å². The number of rotatable bonds is 6. The summed E-state index contributed by atoms with van der Waals surface area (Å²) in [5, 5.41) is 0. The molecule has 5 heteroatoms. The van der Waals surface area contributed by atoms with E-state index in [0.29, 0.717) is 0 Å². The van der Waals surface area contributed by atoms with Crippen LogP contribution < -0.4 is 9.46 Å². The first-order valence-electron chi connectivity index (χ1n) is 8.90. The standard InChI is InChI=1S/C23H23NO3S/c1-17-7-13-22(14-8-17)28(25,26)24-16-23(20-6-4-5-18(2)15-20)19-9-11-21(27-3)12-10-19/h4-16,24H,1-3H3/b23-16-. The summed E-state index contributed by atoms with van der Waals surface area (Å²) in [6.45, 7) is 3.93. The van der Waals surface area contributed by atoms with Gasteiger partial charge in [0, 0.05) is 11.8 Å². The van der Waals surface area contributed by atoms with Crippen molar-refractivity contribution in [3.05, 3.63) is 101 Å². The van der Waals surface area contributed by atoms with Crippen LogP contribution >= 0.6 is 0 Å². The van der Waals surface area contributed by atoms with Gasteiger partial charge in [-0.3, -0.25) is 4.72 Å². The average molecular weight is 394 g/mol. The molecular weight excluding hydrogens is 370 g/mol. The largest absolute Gasteiger partial charge is 0.497 e. The molecule has 0 aliphatic rings. The van der Waals surface area contributed by atoms with Crippen LogP contribution in [0.25, 0.3) is 5.57 Å². The topological polar surface area (TPSA) is 55.4 Å². The van der Waals surface area contributed by atoms with E-state index in [4.69, 9.17) is 4.74 Å². The third kappa shape index (κ3) is 4.61. The van der Waals surface area contributed by atoms with Crippen molar-refractivity contribution in [3.8, 4) is 5.75 Å². The molecule has 0 spiro atoms.